The quantitative estimate of drug-likeness (QED) is 0.719. The van der Waals surface area contributed by atoms with Gasteiger partial charge in [-0.1, -0.05) is 32.0 Å². The summed E-state index contributed by atoms with van der Waals surface area (Å²) in [6, 6.07) is 12.4. The van der Waals surface area contributed by atoms with Crippen LogP contribution in [0.4, 0.5) is 0 Å². The fourth-order valence-electron chi connectivity index (χ4n) is 2.16. The van der Waals surface area contributed by atoms with Crippen molar-refractivity contribution in [2.24, 2.45) is 0 Å². The number of rotatable bonds is 9. The molecule has 0 bridgehead atoms. The van der Waals surface area contributed by atoms with Crippen LogP contribution >= 0.6 is 0 Å². The first kappa shape index (κ1) is 15.7. The molecule has 0 fully saturated rings. The number of hydrogen-bond acceptors (Lipinski definition) is 3. The van der Waals surface area contributed by atoms with Gasteiger partial charge in [0, 0.05) is 12.8 Å². The zero-order chi connectivity index (χ0) is 14.9. The third-order valence-corrected chi connectivity index (χ3v) is 3.26. The molecule has 0 amide bonds. The predicted octanol–water partition coefficient (Wildman–Crippen LogP) is 3.34. The van der Waals surface area contributed by atoms with Crippen LogP contribution < -0.4 is 5.32 Å². The Morgan fingerprint density at radius 3 is 2.67 bits per heavy atom. The summed E-state index contributed by atoms with van der Waals surface area (Å²) in [5.74, 6) is 0. The summed E-state index contributed by atoms with van der Waals surface area (Å²) in [4.78, 5) is 0. The van der Waals surface area contributed by atoms with Crippen molar-refractivity contribution < 1.29 is 4.74 Å². The van der Waals surface area contributed by atoms with E-state index in [2.05, 4.69) is 42.5 Å². The Balaban J connectivity index is 2.07. The van der Waals surface area contributed by atoms with Crippen LogP contribution in [0.15, 0.2) is 42.6 Å². The Morgan fingerprint density at radius 2 is 1.95 bits per heavy atom. The number of hydrogen-bond donors (Lipinski definition) is 1. The number of nitrogens with one attached hydrogen (secondary N) is 1. The van der Waals surface area contributed by atoms with E-state index in [9.17, 15) is 0 Å². The van der Waals surface area contributed by atoms with Gasteiger partial charge in [0.05, 0.1) is 24.0 Å². The van der Waals surface area contributed by atoms with Crippen LogP contribution in [0, 0.1) is 0 Å². The summed E-state index contributed by atoms with van der Waals surface area (Å²) in [5.41, 5.74) is 2.11. The van der Waals surface area contributed by atoms with Crippen LogP contribution in [0.3, 0.4) is 0 Å². The van der Waals surface area contributed by atoms with Crippen LogP contribution in [-0.2, 0) is 4.74 Å². The van der Waals surface area contributed by atoms with E-state index in [4.69, 9.17) is 4.74 Å². The maximum absolute atomic E-state index is 5.70. The number of aromatic nitrogens is 2. The zero-order valence-electron chi connectivity index (χ0n) is 13.0. The van der Waals surface area contributed by atoms with E-state index in [-0.39, 0.29) is 6.04 Å². The Morgan fingerprint density at radius 1 is 1.14 bits per heavy atom. The molecule has 0 aliphatic heterocycles. The van der Waals surface area contributed by atoms with Gasteiger partial charge in [0.15, 0.2) is 0 Å². The molecule has 1 aromatic carbocycles. The molecule has 0 saturated carbocycles. The Bertz CT molecular complexity index is 510. The molecular formula is C17H25N3O. The molecule has 2 aromatic rings. The minimum atomic E-state index is 0.154. The summed E-state index contributed by atoms with van der Waals surface area (Å²) in [6.07, 6.45) is 4.15. The van der Waals surface area contributed by atoms with Crippen molar-refractivity contribution in [1.29, 1.82) is 0 Å². The Hall–Kier alpha value is -1.65. The summed E-state index contributed by atoms with van der Waals surface area (Å²) >= 11 is 0. The zero-order valence-corrected chi connectivity index (χ0v) is 13.0. The third kappa shape index (κ3) is 4.69. The van der Waals surface area contributed by atoms with E-state index < -0.39 is 0 Å². The summed E-state index contributed by atoms with van der Waals surface area (Å²) in [5, 5.41) is 8.20. The maximum Gasteiger partial charge on any atom is 0.0821 e. The van der Waals surface area contributed by atoms with E-state index in [0.29, 0.717) is 6.61 Å². The lowest BCUT2D eigenvalue weighted by molar-refractivity contribution is 0.111. The van der Waals surface area contributed by atoms with E-state index in [1.807, 2.05) is 29.1 Å². The maximum atomic E-state index is 5.70. The topological polar surface area (TPSA) is 39.1 Å². The first-order valence-corrected chi connectivity index (χ1v) is 7.77. The van der Waals surface area contributed by atoms with Crippen LogP contribution in [-0.4, -0.2) is 29.5 Å². The van der Waals surface area contributed by atoms with E-state index in [1.165, 1.54) is 0 Å². The smallest absolute Gasteiger partial charge is 0.0821 e. The molecule has 0 spiro atoms. The molecule has 114 valence electrons. The van der Waals surface area contributed by atoms with E-state index in [0.717, 1.165) is 37.4 Å². The number of benzene rings is 1. The summed E-state index contributed by atoms with van der Waals surface area (Å²) < 4.78 is 7.61. The second kappa shape index (κ2) is 8.60. The highest BCUT2D eigenvalue weighted by Crippen LogP contribution is 2.14. The normalized spacial score (nSPS) is 12.5. The largest absolute Gasteiger partial charge is 0.379 e. The van der Waals surface area contributed by atoms with Gasteiger partial charge in [-0.2, -0.15) is 5.10 Å². The Kier molecular flexibility index (Phi) is 6.44. The van der Waals surface area contributed by atoms with Gasteiger partial charge >= 0.3 is 0 Å². The van der Waals surface area contributed by atoms with Crippen LogP contribution in [0.5, 0.6) is 0 Å². The minimum Gasteiger partial charge on any atom is -0.379 e. The summed E-state index contributed by atoms with van der Waals surface area (Å²) in [6.45, 7) is 6.72. The predicted molar refractivity (Wildman–Crippen MR) is 85.7 cm³/mol. The monoisotopic (exact) mass is 287 g/mol. The summed E-state index contributed by atoms with van der Waals surface area (Å²) in [7, 11) is 0. The van der Waals surface area contributed by atoms with Crippen LogP contribution in [0.2, 0.25) is 0 Å². The molecule has 21 heavy (non-hydrogen) atoms. The van der Waals surface area contributed by atoms with Crippen molar-refractivity contribution in [2.45, 2.75) is 32.7 Å². The van der Waals surface area contributed by atoms with Crippen molar-refractivity contribution in [3.63, 3.8) is 0 Å². The molecule has 0 aliphatic rings. The number of nitrogens with zero attached hydrogens (tertiary/aromatic N) is 2. The minimum absolute atomic E-state index is 0.154. The van der Waals surface area contributed by atoms with Crippen LogP contribution in [0.25, 0.3) is 5.69 Å². The average molecular weight is 287 g/mol. The molecule has 1 atom stereocenters. The fraction of sp³-hybridized carbons (Fsp3) is 0.471. The van der Waals surface area contributed by atoms with Gasteiger partial charge in [0.1, 0.15) is 0 Å². The molecule has 2 rings (SSSR count). The van der Waals surface area contributed by atoms with Gasteiger partial charge in [-0.25, -0.2) is 4.68 Å². The lowest BCUT2D eigenvalue weighted by atomic mass is 10.2. The van der Waals surface area contributed by atoms with E-state index >= 15 is 0 Å². The molecule has 4 heteroatoms. The number of para-hydroxylation sites is 1. The van der Waals surface area contributed by atoms with Gasteiger partial charge < -0.3 is 10.1 Å². The highest BCUT2D eigenvalue weighted by molar-refractivity contribution is 5.30. The van der Waals surface area contributed by atoms with Crippen LogP contribution in [0.1, 0.15) is 38.4 Å². The molecule has 1 aromatic heterocycles. The standard InChI is InChI=1S/C17H25N3O/c1-3-11-18-17(14-21-13-4-2)16-10-12-20(19-16)15-8-6-5-7-9-15/h5-10,12,17-18H,3-4,11,13-14H2,1-2H3. The van der Waals surface area contributed by atoms with Gasteiger partial charge in [0.25, 0.3) is 0 Å². The molecule has 0 saturated heterocycles. The Labute approximate surface area is 127 Å². The highest BCUT2D eigenvalue weighted by Gasteiger charge is 2.14. The van der Waals surface area contributed by atoms with Crippen molar-refractivity contribution in [2.75, 3.05) is 19.8 Å². The third-order valence-electron chi connectivity index (χ3n) is 3.26. The van der Waals surface area contributed by atoms with Crippen molar-refractivity contribution >= 4 is 0 Å². The van der Waals surface area contributed by atoms with Crippen molar-refractivity contribution in [3.05, 3.63) is 48.3 Å². The highest BCUT2D eigenvalue weighted by atomic mass is 16.5. The average Bonchev–Trinajstić information content (AvgIpc) is 3.01. The second-order valence-electron chi connectivity index (χ2n) is 5.10. The van der Waals surface area contributed by atoms with Crippen molar-refractivity contribution in [3.8, 4) is 5.69 Å². The van der Waals surface area contributed by atoms with Gasteiger partial charge in [0.2, 0.25) is 0 Å². The van der Waals surface area contributed by atoms with Crippen molar-refractivity contribution in [1.82, 2.24) is 15.1 Å². The SMILES string of the molecule is CCCNC(COCCC)c1ccn(-c2ccccc2)n1. The lowest BCUT2D eigenvalue weighted by Gasteiger charge is -2.16. The van der Waals surface area contributed by atoms with Gasteiger partial charge in [-0.3, -0.25) is 0 Å². The van der Waals surface area contributed by atoms with E-state index in [1.54, 1.807) is 0 Å². The first-order chi connectivity index (χ1) is 10.3. The first-order valence-electron chi connectivity index (χ1n) is 7.77. The molecule has 4 nitrogen and oxygen atoms in total. The fourth-order valence-corrected chi connectivity index (χ4v) is 2.16. The second-order valence-corrected chi connectivity index (χ2v) is 5.10. The molecule has 0 radical (unpaired) electrons. The molecule has 1 unspecified atom stereocenters. The lowest BCUT2D eigenvalue weighted by Crippen LogP contribution is -2.27. The van der Waals surface area contributed by atoms with Gasteiger partial charge in [-0.05, 0) is 37.6 Å². The van der Waals surface area contributed by atoms with Gasteiger partial charge in [-0.15, -0.1) is 0 Å². The molecule has 1 N–H and O–H groups in total. The molecule has 0 aliphatic carbocycles. The molecular weight excluding hydrogens is 262 g/mol. The molecule has 1 heterocycles. The number of ether oxygens (including phenoxy) is 1.